The lowest BCUT2D eigenvalue weighted by Gasteiger charge is -2.51. The van der Waals surface area contributed by atoms with Gasteiger partial charge in [-0.15, -0.1) is 0 Å². The van der Waals surface area contributed by atoms with Crippen molar-refractivity contribution >= 4 is 5.97 Å². The molecular formula is C35H63NO3. The van der Waals surface area contributed by atoms with Crippen LogP contribution in [0.3, 0.4) is 0 Å². The van der Waals surface area contributed by atoms with E-state index in [9.17, 15) is 4.79 Å². The van der Waals surface area contributed by atoms with Crippen molar-refractivity contribution in [1.82, 2.24) is 4.90 Å². The Morgan fingerprint density at radius 1 is 1.10 bits per heavy atom. The maximum atomic E-state index is 11.8. The molecule has 0 aliphatic heterocycles. The maximum Gasteiger partial charge on any atom is 0.320 e. The molecule has 0 spiro atoms. The van der Waals surface area contributed by atoms with Crippen molar-refractivity contribution in [3.05, 3.63) is 11.6 Å². The van der Waals surface area contributed by atoms with Crippen LogP contribution >= 0.6 is 0 Å². The zero-order valence-electron chi connectivity index (χ0n) is 26.8. The van der Waals surface area contributed by atoms with Crippen molar-refractivity contribution in [2.24, 2.45) is 40.9 Å². The molecule has 3 aliphatic rings. The van der Waals surface area contributed by atoms with E-state index < -0.39 is 0 Å². The number of rotatable bonds is 17. The second-order valence-electron chi connectivity index (χ2n) is 14.2. The zero-order valence-corrected chi connectivity index (χ0v) is 26.8. The fourth-order valence-corrected chi connectivity index (χ4v) is 8.74. The number of esters is 1. The lowest BCUT2D eigenvalue weighted by Crippen LogP contribution is -2.43. The van der Waals surface area contributed by atoms with Crippen LogP contribution in [0.5, 0.6) is 0 Å². The molecule has 2 saturated carbocycles. The molecule has 7 atom stereocenters. The van der Waals surface area contributed by atoms with Gasteiger partial charge in [0.1, 0.15) is 0 Å². The summed E-state index contributed by atoms with van der Waals surface area (Å²) in [6, 6.07) is 0. The van der Waals surface area contributed by atoms with E-state index in [1.165, 1.54) is 70.6 Å². The fraction of sp³-hybridized carbons (Fsp3) is 0.914. The molecule has 0 N–H and O–H groups in total. The van der Waals surface area contributed by atoms with Gasteiger partial charge in [0, 0.05) is 6.54 Å². The maximum absolute atomic E-state index is 11.8. The van der Waals surface area contributed by atoms with Gasteiger partial charge in [-0.2, -0.15) is 0 Å². The van der Waals surface area contributed by atoms with Gasteiger partial charge in [-0.1, -0.05) is 78.4 Å². The van der Waals surface area contributed by atoms with Crippen LogP contribution in [0.1, 0.15) is 125 Å². The number of allylic oxidation sites excluding steroid dienone is 1. The first-order chi connectivity index (χ1) is 18.7. The Bertz CT molecular complexity index is 763. The number of unbranched alkanes of at least 4 members (excludes halogenated alkanes) is 1. The Morgan fingerprint density at radius 3 is 2.62 bits per heavy atom. The molecule has 0 aromatic heterocycles. The van der Waals surface area contributed by atoms with Crippen LogP contribution in [0.15, 0.2) is 11.6 Å². The van der Waals surface area contributed by atoms with Gasteiger partial charge in [0.05, 0.1) is 25.9 Å². The highest BCUT2D eigenvalue weighted by Gasteiger charge is 2.54. The minimum atomic E-state index is -0.151. The molecular weight excluding hydrogens is 482 g/mol. The van der Waals surface area contributed by atoms with E-state index in [-0.39, 0.29) is 5.97 Å². The van der Waals surface area contributed by atoms with Gasteiger partial charge in [0.25, 0.3) is 0 Å². The normalized spacial score (nSPS) is 30.1. The quantitative estimate of drug-likeness (QED) is 0.135. The second-order valence-corrected chi connectivity index (χ2v) is 14.2. The van der Waals surface area contributed by atoms with Crippen LogP contribution in [-0.2, 0) is 14.3 Å². The van der Waals surface area contributed by atoms with Crippen molar-refractivity contribution in [3.63, 3.8) is 0 Å². The molecule has 0 radical (unpaired) electrons. The van der Waals surface area contributed by atoms with E-state index in [2.05, 4.69) is 40.7 Å². The third kappa shape index (κ3) is 9.32. The van der Waals surface area contributed by atoms with Gasteiger partial charge < -0.3 is 9.47 Å². The van der Waals surface area contributed by atoms with Crippen LogP contribution in [0, 0.1) is 40.9 Å². The third-order valence-corrected chi connectivity index (χ3v) is 10.9. The molecule has 0 bridgehead atoms. The summed E-state index contributed by atoms with van der Waals surface area (Å²) < 4.78 is 11.5. The highest BCUT2D eigenvalue weighted by Crippen LogP contribution is 2.63. The van der Waals surface area contributed by atoms with Crippen molar-refractivity contribution in [2.45, 2.75) is 131 Å². The van der Waals surface area contributed by atoms with Gasteiger partial charge >= 0.3 is 5.97 Å². The SMILES string of the molecule is CCCC[C@@H](CC1=CCC2C(CC[C@@]3(C)C2CC[C@@H]3[C@H](C)CCCC(C)C)C1)OCCN(C)CC(=O)OCC. The molecule has 0 amide bonds. The van der Waals surface area contributed by atoms with Crippen molar-refractivity contribution in [1.29, 1.82) is 0 Å². The molecule has 3 aliphatic carbocycles. The monoisotopic (exact) mass is 545 g/mol. The first-order valence-electron chi connectivity index (χ1n) is 16.8. The number of likely N-dealkylation sites (N-methyl/N-ethyl adjacent to an activating group) is 1. The fourth-order valence-electron chi connectivity index (χ4n) is 8.74. The topological polar surface area (TPSA) is 38.8 Å². The molecule has 2 fully saturated rings. The molecule has 3 unspecified atom stereocenters. The Kier molecular flexibility index (Phi) is 13.3. The number of hydrogen-bond donors (Lipinski definition) is 0. The summed E-state index contributed by atoms with van der Waals surface area (Å²) >= 11 is 0. The number of carbonyl (C=O) groups excluding carboxylic acids is 1. The van der Waals surface area contributed by atoms with E-state index in [1.54, 1.807) is 5.57 Å². The molecule has 0 heterocycles. The van der Waals surface area contributed by atoms with Crippen LogP contribution in [0.2, 0.25) is 0 Å². The molecule has 0 aromatic carbocycles. The summed E-state index contributed by atoms with van der Waals surface area (Å²) in [5.74, 6) is 5.25. The average Bonchev–Trinajstić information content (AvgIpc) is 3.24. The number of fused-ring (bicyclic) bond motifs is 3. The minimum Gasteiger partial charge on any atom is -0.465 e. The first-order valence-corrected chi connectivity index (χ1v) is 16.8. The molecule has 0 saturated heterocycles. The Balaban J connectivity index is 1.52. The van der Waals surface area contributed by atoms with Crippen LogP contribution < -0.4 is 0 Å². The van der Waals surface area contributed by atoms with E-state index in [4.69, 9.17) is 9.47 Å². The standard InChI is InChI=1S/C35H63NO3/c1-8-10-14-30(39-22-21-36(7)25-34(37)38-9-2)24-28-15-16-31-29(23-28)19-20-35(6)32(17-18-33(31)35)27(5)13-11-12-26(3)4/h15,26-27,29-33H,8-14,16-25H2,1-7H3/t27-,29?,30+,31?,32-,33?,35-/m1/s1. The summed E-state index contributed by atoms with van der Waals surface area (Å²) in [6.07, 6.45) is 20.3. The number of hydrogen-bond acceptors (Lipinski definition) is 4. The van der Waals surface area contributed by atoms with Gasteiger partial charge in [0.2, 0.25) is 0 Å². The molecule has 39 heavy (non-hydrogen) atoms. The number of carbonyl (C=O) groups is 1. The lowest BCUT2D eigenvalue weighted by atomic mass is 9.54. The van der Waals surface area contributed by atoms with Gasteiger partial charge in [0.15, 0.2) is 0 Å². The molecule has 226 valence electrons. The van der Waals surface area contributed by atoms with Crippen LogP contribution in [0.4, 0.5) is 0 Å². The van der Waals surface area contributed by atoms with E-state index in [0.29, 0.717) is 31.3 Å². The van der Waals surface area contributed by atoms with E-state index in [0.717, 1.165) is 54.9 Å². The minimum absolute atomic E-state index is 0.151. The predicted octanol–water partition coefficient (Wildman–Crippen LogP) is 8.69. The van der Waals surface area contributed by atoms with Crippen molar-refractivity contribution < 1.29 is 14.3 Å². The summed E-state index contributed by atoms with van der Waals surface area (Å²) in [7, 11) is 1.97. The number of nitrogens with zero attached hydrogens (tertiary/aromatic N) is 1. The third-order valence-electron chi connectivity index (χ3n) is 10.9. The van der Waals surface area contributed by atoms with Crippen LogP contribution in [-0.4, -0.2) is 50.3 Å². The molecule has 0 aromatic rings. The Hall–Kier alpha value is -0.870. The second kappa shape index (κ2) is 15.9. The van der Waals surface area contributed by atoms with Gasteiger partial charge in [-0.3, -0.25) is 9.69 Å². The van der Waals surface area contributed by atoms with Crippen molar-refractivity contribution in [2.75, 3.05) is 33.4 Å². The van der Waals surface area contributed by atoms with Crippen molar-refractivity contribution in [3.8, 4) is 0 Å². The first kappa shape index (κ1) is 32.6. The van der Waals surface area contributed by atoms with Crippen LogP contribution in [0.25, 0.3) is 0 Å². The van der Waals surface area contributed by atoms with Gasteiger partial charge in [-0.05, 0) is 106 Å². The largest absolute Gasteiger partial charge is 0.465 e. The Labute approximate surface area is 242 Å². The average molecular weight is 546 g/mol. The summed E-state index contributed by atoms with van der Waals surface area (Å²) in [5.41, 5.74) is 2.24. The predicted molar refractivity (Wildman–Crippen MR) is 164 cm³/mol. The summed E-state index contributed by atoms with van der Waals surface area (Å²) in [5, 5.41) is 0. The van der Waals surface area contributed by atoms with Gasteiger partial charge in [-0.25, -0.2) is 0 Å². The lowest BCUT2D eigenvalue weighted by molar-refractivity contribution is -0.144. The highest BCUT2D eigenvalue weighted by atomic mass is 16.5. The number of ether oxygens (including phenoxy) is 2. The smallest absolute Gasteiger partial charge is 0.320 e. The zero-order chi connectivity index (χ0) is 28.4. The Morgan fingerprint density at radius 2 is 1.90 bits per heavy atom. The summed E-state index contributed by atoms with van der Waals surface area (Å²) in [6.45, 7) is 16.4. The highest BCUT2D eigenvalue weighted by molar-refractivity contribution is 5.71. The molecule has 4 heteroatoms. The van der Waals surface area contributed by atoms with E-state index >= 15 is 0 Å². The molecule has 3 rings (SSSR count). The summed E-state index contributed by atoms with van der Waals surface area (Å²) in [4.78, 5) is 13.8. The molecule has 4 nitrogen and oxygen atoms in total. The van der Waals surface area contributed by atoms with E-state index in [1.807, 2.05) is 18.9 Å².